The van der Waals surface area contributed by atoms with Gasteiger partial charge in [0.1, 0.15) is 17.4 Å². The molecule has 0 aliphatic heterocycles. The highest BCUT2D eigenvalue weighted by atomic mass is 19.1. The number of aliphatic carboxylic acids is 1. The fraction of sp³-hybridized carbons (Fsp3) is 0.333. The first-order chi connectivity index (χ1) is 13.2. The van der Waals surface area contributed by atoms with Gasteiger partial charge in [0.15, 0.2) is 0 Å². The molecule has 1 amide bonds. The first kappa shape index (κ1) is 19.8. The van der Waals surface area contributed by atoms with E-state index in [4.69, 9.17) is 4.74 Å². The molecule has 3 unspecified atom stereocenters. The SMILES string of the molecule is COc1cccc(C(C)(CC(=O)O)NC(=O)C2CC2c2cc(F)ccc2F)c1. The van der Waals surface area contributed by atoms with E-state index in [1.165, 1.54) is 7.11 Å². The summed E-state index contributed by atoms with van der Waals surface area (Å²) in [4.78, 5) is 24.2. The van der Waals surface area contributed by atoms with E-state index < -0.39 is 35.0 Å². The fourth-order valence-electron chi connectivity index (χ4n) is 3.48. The minimum atomic E-state index is -1.18. The lowest BCUT2D eigenvalue weighted by Gasteiger charge is -2.30. The number of carboxylic acid groups (broad SMARTS) is 1. The predicted octanol–water partition coefficient (Wildman–Crippen LogP) is 3.58. The van der Waals surface area contributed by atoms with Crippen molar-refractivity contribution in [3.05, 3.63) is 65.2 Å². The van der Waals surface area contributed by atoms with Gasteiger partial charge in [-0.3, -0.25) is 9.59 Å². The molecule has 2 aromatic carbocycles. The maximum absolute atomic E-state index is 14.0. The van der Waals surface area contributed by atoms with Crippen LogP contribution in [0.1, 0.15) is 36.8 Å². The van der Waals surface area contributed by atoms with Crippen molar-refractivity contribution in [2.24, 2.45) is 5.92 Å². The van der Waals surface area contributed by atoms with Gasteiger partial charge in [-0.15, -0.1) is 0 Å². The molecule has 2 aromatic rings. The third kappa shape index (κ3) is 4.13. The second-order valence-electron chi connectivity index (χ2n) is 7.24. The zero-order valence-corrected chi connectivity index (χ0v) is 15.5. The van der Waals surface area contributed by atoms with Crippen molar-refractivity contribution >= 4 is 11.9 Å². The summed E-state index contributed by atoms with van der Waals surface area (Å²) < 4.78 is 32.6. The molecule has 0 saturated heterocycles. The molecule has 3 atom stereocenters. The molecule has 1 aliphatic carbocycles. The van der Waals surface area contributed by atoms with Crippen LogP contribution < -0.4 is 10.1 Å². The molecule has 0 spiro atoms. The van der Waals surface area contributed by atoms with Gasteiger partial charge in [-0.1, -0.05) is 12.1 Å². The lowest BCUT2D eigenvalue weighted by molar-refractivity contribution is -0.139. The van der Waals surface area contributed by atoms with Crippen LogP contribution in [0, 0.1) is 17.6 Å². The molecule has 1 fully saturated rings. The summed E-state index contributed by atoms with van der Waals surface area (Å²) in [6.45, 7) is 1.62. The molecule has 0 bridgehead atoms. The predicted molar refractivity (Wildman–Crippen MR) is 97.9 cm³/mol. The molecule has 0 radical (unpaired) electrons. The number of hydrogen-bond donors (Lipinski definition) is 2. The summed E-state index contributed by atoms with van der Waals surface area (Å²) in [5.41, 5.74) is -0.427. The molecule has 1 aliphatic rings. The summed E-state index contributed by atoms with van der Waals surface area (Å²) in [6.07, 6.45) is 0.0467. The number of carbonyl (C=O) groups is 2. The van der Waals surface area contributed by atoms with Crippen LogP contribution in [0.2, 0.25) is 0 Å². The maximum atomic E-state index is 14.0. The second-order valence-corrected chi connectivity index (χ2v) is 7.24. The topological polar surface area (TPSA) is 75.6 Å². The van der Waals surface area contributed by atoms with Crippen LogP contribution in [0.25, 0.3) is 0 Å². The second kappa shape index (κ2) is 7.58. The maximum Gasteiger partial charge on any atom is 0.306 e. The lowest BCUT2D eigenvalue weighted by Crippen LogP contribution is -2.45. The van der Waals surface area contributed by atoms with Crippen molar-refractivity contribution in [3.8, 4) is 5.75 Å². The van der Waals surface area contributed by atoms with E-state index in [9.17, 15) is 23.5 Å². The normalized spacial score (nSPS) is 20.1. The van der Waals surface area contributed by atoms with Crippen LogP contribution in [0.5, 0.6) is 5.75 Å². The third-order valence-electron chi connectivity index (χ3n) is 5.10. The van der Waals surface area contributed by atoms with Crippen molar-refractivity contribution in [2.75, 3.05) is 7.11 Å². The summed E-state index contributed by atoms with van der Waals surface area (Å²) in [5.74, 6) is -2.99. The number of carbonyl (C=O) groups excluding carboxylic acids is 1. The summed E-state index contributed by atoms with van der Waals surface area (Å²) in [7, 11) is 1.49. The van der Waals surface area contributed by atoms with Crippen molar-refractivity contribution in [1.82, 2.24) is 5.32 Å². The minimum Gasteiger partial charge on any atom is -0.497 e. The molecule has 0 aromatic heterocycles. The molecule has 2 N–H and O–H groups in total. The number of ether oxygens (including phenoxy) is 1. The Kier molecular flexibility index (Phi) is 5.36. The van der Waals surface area contributed by atoms with Gasteiger partial charge in [-0.05, 0) is 60.7 Å². The summed E-state index contributed by atoms with van der Waals surface area (Å²) in [6, 6.07) is 9.98. The van der Waals surface area contributed by atoms with Gasteiger partial charge in [0.2, 0.25) is 5.91 Å². The van der Waals surface area contributed by atoms with Crippen LogP contribution in [-0.2, 0) is 15.1 Å². The lowest BCUT2D eigenvalue weighted by atomic mass is 9.88. The van der Waals surface area contributed by atoms with Crippen LogP contribution >= 0.6 is 0 Å². The van der Waals surface area contributed by atoms with Crippen molar-refractivity contribution < 1.29 is 28.2 Å². The Morgan fingerprint density at radius 2 is 2.00 bits per heavy atom. The van der Waals surface area contributed by atoms with Gasteiger partial charge in [0, 0.05) is 5.92 Å². The highest BCUT2D eigenvalue weighted by Crippen LogP contribution is 2.49. The average Bonchev–Trinajstić information content (AvgIpc) is 3.44. The largest absolute Gasteiger partial charge is 0.497 e. The van der Waals surface area contributed by atoms with E-state index in [0.29, 0.717) is 17.7 Å². The van der Waals surface area contributed by atoms with E-state index in [0.717, 1.165) is 18.2 Å². The molecular weight excluding hydrogens is 368 g/mol. The Balaban J connectivity index is 1.81. The molecule has 0 heterocycles. The smallest absolute Gasteiger partial charge is 0.306 e. The Labute approximate surface area is 161 Å². The Hall–Kier alpha value is -2.96. The highest BCUT2D eigenvalue weighted by molar-refractivity contribution is 5.84. The monoisotopic (exact) mass is 389 g/mol. The molecular formula is C21H21F2NO4. The Morgan fingerprint density at radius 3 is 2.68 bits per heavy atom. The molecule has 3 rings (SSSR count). The van der Waals surface area contributed by atoms with Crippen molar-refractivity contribution in [3.63, 3.8) is 0 Å². The number of hydrogen-bond acceptors (Lipinski definition) is 3. The van der Waals surface area contributed by atoms with Crippen LogP contribution in [0.15, 0.2) is 42.5 Å². The first-order valence-corrected chi connectivity index (χ1v) is 8.87. The number of methoxy groups -OCH3 is 1. The van der Waals surface area contributed by atoms with Gasteiger partial charge >= 0.3 is 5.97 Å². The number of halogens is 2. The van der Waals surface area contributed by atoms with Crippen LogP contribution in [0.3, 0.4) is 0 Å². The number of carboxylic acids is 1. The quantitative estimate of drug-likeness (QED) is 0.759. The van der Waals surface area contributed by atoms with Gasteiger partial charge in [-0.25, -0.2) is 8.78 Å². The van der Waals surface area contributed by atoms with Gasteiger partial charge in [0.25, 0.3) is 0 Å². The average molecular weight is 389 g/mol. The van der Waals surface area contributed by atoms with E-state index in [-0.39, 0.29) is 17.9 Å². The first-order valence-electron chi connectivity index (χ1n) is 8.87. The minimum absolute atomic E-state index is 0.168. The number of benzene rings is 2. The number of rotatable bonds is 7. The third-order valence-corrected chi connectivity index (χ3v) is 5.10. The molecule has 28 heavy (non-hydrogen) atoms. The Morgan fingerprint density at radius 1 is 1.25 bits per heavy atom. The highest BCUT2D eigenvalue weighted by Gasteiger charge is 2.47. The van der Waals surface area contributed by atoms with Crippen molar-refractivity contribution in [2.45, 2.75) is 31.2 Å². The molecule has 5 nitrogen and oxygen atoms in total. The summed E-state index contributed by atoms with van der Waals surface area (Å²) in [5, 5.41) is 12.1. The zero-order valence-electron chi connectivity index (χ0n) is 15.5. The van der Waals surface area contributed by atoms with Crippen LogP contribution in [0.4, 0.5) is 8.78 Å². The van der Waals surface area contributed by atoms with E-state index in [2.05, 4.69) is 5.32 Å². The molecule has 148 valence electrons. The van der Waals surface area contributed by atoms with Crippen LogP contribution in [-0.4, -0.2) is 24.1 Å². The Bertz CT molecular complexity index is 917. The van der Waals surface area contributed by atoms with E-state index in [1.54, 1.807) is 31.2 Å². The fourth-order valence-corrected chi connectivity index (χ4v) is 3.48. The summed E-state index contributed by atoms with van der Waals surface area (Å²) >= 11 is 0. The van der Waals surface area contributed by atoms with Gasteiger partial charge in [-0.2, -0.15) is 0 Å². The van der Waals surface area contributed by atoms with E-state index in [1.807, 2.05) is 0 Å². The standard InChI is InChI=1S/C21H21F2NO4/c1-21(11-19(25)26,12-4-3-5-14(8-12)28-2)24-20(27)17-10-15(17)16-9-13(22)6-7-18(16)23/h3-9,15,17H,10-11H2,1-2H3,(H,24,27)(H,25,26). The number of amides is 1. The van der Waals surface area contributed by atoms with Gasteiger partial charge < -0.3 is 15.2 Å². The number of nitrogens with one attached hydrogen (secondary N) is 1. The van der Waals surface area contributed by atoms with Crippen molar-refractivity contribution in [1.29, 1.82) is 0 Å². The molecule has 7 heteroatoms. The zero-order chi connectivity index (χ0) is 20.5. The van der Waals surface area contributed by atoms with E-state index >= 15 is 0 Å². The molecule has 1 saturated carbocycles. The van der Waals surface area contributed by atoms with Gasteiger partial charge in [0.05, 0.1) is 19.1 Å².